The molecule has 0 radical (unpaired) electrons. The Balaban J connectivity index is 1.77. The summed E-state index contributed by atoms with van der Waals surface area (Å²) in [7, 11) is 0. The van der Waals surface area contributed by atoms with Crippen molar-refractivity contribution in [2.24, 2.45) is 0 Å². The fourth-order valence-corrected chi connectivity index (χ4v) is 2.23. The first-order valence-corrected chi connectivity index (χ1v) is 6.81. The summed E-state index contributed by atoms with van der Waals surface area (Å²) >= 11 is 0. The number of fused-ring (bicyclic) bond motifs is 1. The molecule has 1 heterocycles. The Morgan fingerprint density at radius 3 is 2.71 bits per heavy atom. The molecular formula is C17H15NO3. The zero-order valence-corrected chi connectivity index (χ0v) is 11.7. The summed E-state index contributed by atoms with van der Waals surface area (Å²) in [6.45, 7) is 2.27. The van der Waals surface area contributed by atoms with Gasteiger partial charge >= 0.3 is 11.7 Å². The van der Waals surface area contributed by atoms with Gasteiger partial charge in [0.1, 0.15) is 0 Å². The van der Waals surface area contributed by atoms with Gasteiger partial charge in [-0.1, -0.05) is 42.5 Å². The van der Waals surface area contributed by atoms with E-state index in [2.05, 4.69) is 4.98 Å². The third kappa shape index (κ3) is 2.94. The van der Waals surface area contributed by atoms with Crippen LogP contribution in [0.4, 0.5) is 0 Å². The first kappa shape index (κ1) is 13.4. The van der Waals surface area contributed by atoms with Crippen LogP contribution in [0, 0.1) is 6.92 Å². The van der Waals surface area contributed by atoms with Crippen molar-refractivity contribution in [1.29, 1.82) is 0 Å². The Morgan fingerprint density at radius 2 is 1.90 bits per heavy atom. The van der Waals surface area contributed by atoms with Gasteiger partial charge in [0, 0.05) is 6.42 Å². The number of rotatable bonds is 4. The summed E-state index contributed by atoms with van der Waals surface area (Å²) in [6.07, 6.45) is 0.756. The highest BCUT2D eigenvalue weighted by molar-refractivity contribution is 5.80. The van der Waals surface area contributed by atoms with E-state index < -0.39 is 5.63 Å². The summed E-state index contributed by atoms with van der Waals surface area (Å²) in [5.41, 5.74) is 2.20. The molecule has 0 atom stereocenters. The largest absolute Gasteiger partial charge is 0.450 e. The van der Waals surface area contributed by atoms with Crippen LogP contribution in [0.15, 0.2) is 57.7 Å². The lowest BCUT2D eigenvalue weighted by Gasteiger charge is -2.05. The molecular weight excluding hydrogens is 266 g/mol. The Hall–Kier alpha value is -2.62. The number of hydrogen-bond acceptors (Lipinski definition) is 4. The average molecular weight is 281 g/mol. The van der Waals surface area contributed by atoms with Gasteiger partial charge in [-0.05, 0) is 24.1 Å². The van der Waals surface area contributed by atoms with E-state index in [1.807, 2.05) is 49.4 Å². The van der Waals surface area contributed by atoms with E-state index in [0.29, 0.717) is 17.5 Å². The van der Waals surface area contributed by atoms with Crippen LogP contribution in [0.5, 0.6) is 6.08 Å². The van der Waals surface area contributed by atoms with E-state index in [1.165, 1.54) is 0 Å². The van der Waals surface area contributed by atoms with Crippen molar-refractivity contribution >= 4 is 10.9 Å². The van der Waals surface area contributed by atoms with Gasteiger partial charge in [0.15, 0.2) is 0 Å². The second-order valence-electron chi connectivity index (χ2n) is 4.82. The van der Waals surface area contributed by atoms with Crippen LogP contribution in [0.2, 0.25) is 0 Å². The molecule has 1 aromatic heterocycles. The zero-order chi connectivity index (χ0) is 14.7. The lowest BCUT2D eigenvalue weighted by molar-refractivity contribution is 0.219. The van der Waals surface area contributed by atoms with Gasteiger partial charge in [-0.2, -0.15) is 4.98 Å². The Kier molecular flexibility index (Phi) is 3.69. The second kappa shape index (κ2) is 5.79. The molecule has 21 heavy (non-hydrogen) atoms. The minimum absolute atomic E-state index is 0.0223. The fourth-order valence-electron chi connectivity index (χ4n) is 2.23. The summed E-state index contributed by atoms with van der Waals surface area (Å²) in [6, 6.07) is 15.5. The van der Waals surface area contributed by atoms with Crippen LogP contribution in [0.1, 0.15) is 11.1 Å². The topological polar surface area (TPSA) is 52.3 Å². The molecule has 3 aromatic rings. The van der Waals surface area contributed by atoms with E-state index in [-0.39, 0.29) is 6.08 Å². The molecule has 4 nitrogen and oxygen atoms in total. The van der Waals surface area contributed by atoms with E-state index >= 15 is 0 Å². The lowest BCUT2D eigenvalue weighted by Crippen LogP contribution is -2.08. The number of aromatic nitrogens is 1. The van der Waals surface area contributed by atoms with Gasteiger partial charge < -0.3 is 9.15 Å². The minimum Gasteiger partial charge on any atom is -0.450 e. The maximum absolute atomic E-state index is 12.0. The first-order valence-electron chi connectivity index (χ1n) is 6.81. The van der Waals surface area contributed by atoms with Gasteiger partial charge in [-0.3, -0.25) is 0 Å². The van der Waals surface area contributed by atoms with Crippen LogP contribution in [-0.4, -0.2) is 11.6 Å². The number of nitrogens with zero attached hydrogens (tertiary/aromatic N) is 1. The van der Waals surface area contributed by atoms with Crippen molar-refractivity contribution in [1.82, 2.24) is 4.98 Å². The minimum atomic E-state index is -0.409. The standard InChI is InChI=1S/C17H15NO3/c1-12-6-5-9-14-15(12)16(19)21-17(18-14)20-11-10-13-7-3-2-4-8-13/h2-9H,10-11H2,1H3. The smallest absolute Gasteiger partial charge is 0.397 e. The van der Waals surface area contributed by atoms with Gasteiger partial charge in [0.05, 0.1) is 17.5 Å². The molecule has 0 saturated heterocycles. The van der Waals surface area contributed by atoms with Gasteiger partial charge in [-0.25, -0.2) is 4.79 Å². The van der Waals surface area contributed by atoms with Gasteiger partial charge in [0.25, 0.3) is 0 Å². The van der Waals surface area contributed by atoms with Crippen LogP contribution < -0.4 is 10.4 Å². The Morgan fingerprint density at radius 1 is 1.10 bits per heavy atom. The number of benzene rings is 2. The maximum Gasteiger partial charge on any atom is 0.397 e. The average Bonchev–Trinajstić information content (AvgIpc) is 2.48. The molecule has 106 valence electrons. The van der Waals surface area contributed by atoms with Crippen LogP contribution >= 0.6 is 0 Å². The summed E-state index contributed by atoms with van der Waals surface area (Å²) in [4.78, 5) is 16.2. The van der Waals surface area contributed by atoms with Crippen molar-refractivity contribution in [2.45, 2.75) is 13.3 Å². The summed E-state index contributed by atoms with van der Waals surface area (Å²) < 4.78 is 10.6. The van der Waals surface area contributed by atoms with Crippen molar-refractivity contribution in [3.63, 3.8) is 0 Å². The van der Waals surface area contributed by atoms with Gasteiger partial charge in [0.2, 0.25) is 0 Å². The van der Waals surface area contributed by atoms with E-state index in [4.69, 9.17) is 9.15 Å². The lowest BCUT2D eigenvalue weighted by atomic mass is 10.1. The molecule has 0 spiro atoms. The van der Waals surface area contributed by atoms with Crippen molar-refractivity contribution in [3.8, 4) is 6.08 Å². The molecule has 0 amide bonds. The second-order valence-corrected chi connectivity index (χ2v) is 4.82. The monoisotopic (exact) mass is 281 g/mol. The fraction of sp³-hybridized carbons (Fsp3) is 0.176. The number of hydrogen-bond donors (Lipinski definition) is 0. The maximum atomic E-state index is 12.0. The third-order valence-electron chi connectivity index (χ3n) is 3.31. The summed E-state index contributed by atoms with van der Waals surface area (Å²) in [5.74, 6) is 0. The first-order chi connectivity index (χ1) is 10.2. The SMILES string of the molecule is Cc1cccc2nc(OCCc3ccccc3)oc(=O)c12. The summed E-state index contributed by atoms with van der Waals surface area (Å²) in [5, 5.41) is 0.507. The zero-order valence-electron chi connectivity index (χ0n) is 11.7. The molecule has 0 fully saturated rings. The van der Waals surface area contributed by atoms with E-state index in [0.717, 1.165) is 17.5 Å². The van der Waals surface area contributed by atoms with Crippen molar-refractivity contribution in [3.05, 3.63) is 70.1 Å². The van der Waals surface area contributed by atoms with Gasteiger partial charge in [-0.15, -0.1) is 0 Å². The highest BCUT2D eigenvalue weighted by Gasteiger charge is 2.09. The molecule has 3 rings (SSSR count). The van der Waals surface area contributed by atoms with Crippen molar-refractivity contribution < 1.29 is 9.15 Å². The highest BCUT2D eigenvalue weighted by atomic mass is 16.6. The van der Waals surface area contributed by atoms with E-state index in [1.54, 1.807) is 6.07 Å². The quantitative estimate of drug-likeness (QED) is 0.737. The molecule has 0 aliphatic rings. The number of ether oxygens (including phenoxy) is 1. The molecule has 0 aliphatic carbocycles. The molecule has 4 heteroatoms. The predicted octanol–water partition coefficient (Wildman–Crippen LogP) is 3.12. The van der Waals surface area contributed by atoms with Crippen LogP contribution in [0.25, 0.3) is 10.9 Å². The Bertz CT molecular complexity index is 809. The molecule has 0 N–H and O–H groups in total. The van der Waals surface area contributed by atoms with E-state index in [9.17, 15) is 4.79 Å². The predicted molar refractivity (Wildman–Crippen MR) is 80.7 cm³/mol. The highest BCUT2D eigenvalue weighted by Crippen LogP contribution is 2.15. The van der Waals surface area contributed by atoms with Crippen LogP contribution in [0.3, 0.4) is 0 Å². The normalized spacial score (nSPS) is 10.7. The van der Waals surface area contributed by atoms with Crippen molar-refractivity contribution in [2.75, 3.05) is 6.61 Å². The molecule has 0 saturated carbocycles. The molecule has 0 unspecified atom stereocenters. The molecule has 0 aliphatic heterocycles. The third-order valence-corrected chi connectivity index (χ3v) is 3.31. The van der Waals surface area contributed by atoms with Crippen LogP contribution in [-0.2, 0) is 6.42 Å². The number of aryl methyl sites for hydroxylation is 1. The Labute approximate surface area is 122 Å². The molecule has 2 aromatic carbocycles. The molecule has 0 bridgehead atoms.